The fourth-order valence-electron chi connectivity index (χ4n) is 2.94. The lowest BCUT2D eigenvalue weighted by atomic mass is 10.1. The van der Waals surface area contributed by atoms with Crippen LogP contribution in [0.3, 0.4) is 0 Å². The van der Waals surface area contributed by atoms with Crippen molar-refractivity contribution < 1.29 is 18.4 Å². The third kappa shape index (κ3) is 4.17. The summed E-state index contributed by atoms with van der Waals surface area (Å²) in [7, 11) is 0. The summed E-state index contributed by atoms with van der Waals surface area (Å²) in [6.07, 6.45) is 2.96. The van der Waals surface area contributed by atoms with E-state index in [0.717, 1.165) is 17.5 Å². The molecule has 1 heterocycles. The van der Waals surface area contributed by atoms with Crippen molar-refractivity contribution in [1.29, 1.82) is 0 Å². The summed E-state index contributed by atoms with van der Waals surface area (Å²) in [4.78, 5) is 24.1. The van der Waals surface area contributed by atoms with E-state index in [1.807, 2.05) is 0 Å². The van der Waals surface area contributed by atoms with E-state index in [1.54, 1.807) is 25.1 Å². The maximum Gasteiger partial charge on any atom is 0.315 e. The zero-order chi connectivity index (χ0) is 17.8. The molecule has 2 aromatic rings. The van der Waals surface area contributed by atoms with Crippen molar-refractivity contribution in [1.82, 2.24) is 16.0 Å². The van der Waals surface area contributed by atoms with Crippen LogP contribution in [0.5, 0.6) is 0 Å². The van der Waals surface area contributed by atoms with Crippen LogP contribution in [0, 0.1) is 5.82 Å². The van der Waals surface area contributed by atoms with Crippen molar-refractivity contribution in [2.24, 2.45) is 0 Å². The maximum atomic E-state index is 13.2. The van der Waals surface area contributed by atoms with Gasteiger partial charge in [0.1, 0.15) is 17.6 Å². The number of urea groups is 1. The molecule has 6 nitrogen and oxygen atoms in total. The largest absolute Gasteiger partial charge is 0.467 e. The molecule has 0 bridgehead atoms. The summed E-state index contributed by atoms with van der Waals surface area (Å²) in [5, 5.41) is 8.14. The van der Waals surface area contributed by atoms with E-state index in [0.29, 0.717) is 12.2 Å². The number of hydrogen-bond donors (Lipinski definition) is 3. The van der Waals surface area contributed by atoms with Crippen LogP contribution < -0.4 is 16.0 Å². The molecule has 132 valence electrons. The van der Waals surface area contributed by atoms with Gasteiger partial charge in [-0.3, -0.25) is 4.79 Å². The van der Waals surface area contributed by atoms with Crippen LogP contribution in [-0.2, 0) is 17.8 Å². The molecule has 25 heavy (non-hydrogen) atoms. The summed E-state index contributed by atoms with van der Waals surface area (Å²) >= 11 is 0. The third-order valence-electron chi connectivity index (χ3n) is 4.25. The number of nitrogens with one attached hydrogen (secondary N) is 3. The lowest BCUT2D eigenvalue weighted by molar-refractivity contribution is -0.122. The summed E-state index contributed by atoms with van der Waals surface area (Å²) in [6.45, 7) is 1.87. The first kappa shape index (κ1) is 17.0. The minimum absolute atomic E-state index is 0.172. The van der Waals surface area contributed by atoms with Crippen molar-refractivity contribution in [2.75, 3.05) is 0 Å². The molecule has 0 saturated carbocycles. The van der Waals surface area contributed by atoms with Crippen molar-refractivity contribution in [3.8, 4) is 0 Å². The van der Waals surface area contributed by atoms with Gasteiger partial charge in [-0.2, -0.15) is 0 Å². The molecule has 0 radical (unpaired) electrons. The number of amides is 3. The number of furan rings is 1. The SMILES string of the molecule is C[C@@H](NC(=O)N[C@@H]1CCc2cc(F)ccc21)C(=O)NCc1ccco1. The number of benzene rings is 1. The highest BCUT2D eigenvalue weighted by atomic mass is 19.1. The number of carbonyl (C=O) groups excluding carboxylic acids is 2. The van der Waals surface area contributed by atoms with Gasteiger partial charge in [-0.1, -0.05) is 6.07 Å². The van der Waals surface area contributed by atoms with Crippen LogP contribution in [0.2, 0.25) is 0 Å². The predicted molar refractivity (Wildman–Crippen MR) is 89.1 cm³/mol. The fraction of sp³-hybridized carbons (Fsp3) is 0.333. The average Bonchev–Trinajstić information content (AvgIpc) is 3.22. The highest BCUT2D eigenvalue weighted by molar-refractivity contribution is 5.86. The molecular formula is C18H20FN3O3. The molecular weight excluding hydrogens is 325 g/mol. The minimum Gasteiger partial charge on any atom is -0.467 e. The molecule has 1 aliphatic rings. The zero-order valence-electron chi connectivity index (χ0n) is 13.8. The fourth-order valence-corrected chi connectivity index (χ4v) is 2.94. The Kier molecular flexibility index (Phi) is 5.02. The predicted octanol–water partition coefficient (Wildman–Crippen LogP) is 2.41. The molecule has 0 aliphatic heterocycles. The van der Waals surface area contributed by atoms with Crippen molar-refractivity contribution in [3.63, 3.8) is 0 Å². The van der Waals surface area contributed by atoms with Crippen molar-refractivity contribution >= 4 is 11.9 Å². The molecule has 0 fully saturated rings. The molecule has 1 aromatic carbocycles. The molecule has 3 amide bonds. The normalized spacial score (nSPS) is 16.8. The van der Waals surface area contributed by atoms with Gasteiger partial charge in [0, 0.05) is 0 Å². The number of halogens is 1. The smallest absolute Gasteiger partial charge is 0.315 e. The minimum atomic E-state index is -0.691. The second-order valence-corrected chi connectivity index (χ2v) is 6.07. The van der Waals surface area contributed by atoms with Crippen LogP contribution >= 0.6 is 0 Å². The molecule has 0 spiro atoms. The Balaban J connectivity index is 1.48. The Labute approximate surface area is 144 Å². The Bertz CT molecular complexity index is 761. The first-order valence-corrected chi connectivity index (χ1v) is 8.18. The summed E-state index contributed by atoms with van der Waals surface area (Å²) in [5.74, 6) is 0.0611. The lowest BCUT2D eigenvalue weighted by Crippen LogP contribution is -2.48. The summed E-state index contributed by atoms with van der Waals surface area (Å²) < 4.78 is 18.4. The van der Waals surface area contributed by atoms with Gasteiger partial charge in [0.2, 0.25) is 5.91 Å². The standard InChI is InChI=1S/C18H20FN3O3/c1-11(17(23)20-10-14-3-2-8-25-14)21-18(24)22-16-7-4-12-9-13(19)5-6-15(12)16/h2-3,5-6,8-9,11,16H,4,7,10H2,1H3,(H,20,23)(H2,21,22,24)/t11-,16-/m1/s1. The van der Waals surface area contributed by atoms with Crippen molar-refractivity contribution in [3.05, 3.63) is 59.3 Å². The highest BCUT2D eigenvalue weighted by Crippen LogP contribution is 2.31. The Morgan fingerprint density at radius 1 is 1.36 bits per heavy atom. The quantitative estimate of drug-likeness (QED) is 0.778. The van der Waals surface area contributed by atoms with E-state index < -0.39 is 12.1 Å². The van der Waals surface area contributed by atoms with E-state index in [-0.39, 0.29) is 24.3 Å². The lowest BCUT2D eigenvalue weighted by Gasteiger charge is -2.18. The van der Waals surface area contributed by atoms with Crippen LogP contribution in [-0.4, -0.2) is 18.0 Å². The Morgan fingerprint density at radius 2 is 2.20 bits per heavy atom. The van der Waals surface area contributed by atoms with E-state index in [9.17, 15) is 14.0 Å². The van der Waals surface area contributed by atoms with Gasteiger partial charge < -0.3 is 20.4 Å². The van der Waals surface area contributed by atoms with Gasteiger partial charge >= 0.3 is 6.03 Å². The van der Waals surface area contributed by atoms with Gasteiger partial charge in [0.15, 0.2) is 0 Å². The highest BCUT2D eigenvalue weighted by Gasteiger charge is 2.25. The van der Waals surface area contributed by atoms with E-state index in [2.05, 4.69) is 16.0 Å². The second-order valence-electron chi connectivity index (χ2n) is 6.07. The number of fused-ring (bicyclic) bond motifs is 1. The molecule has 1 aliphatic carbocycles. The van der Waals surface area contributed by atoms with Gasteiger partial charge in [-0.05, 0) is 55.2 Å². The van der Waals surface area contributed by atoms with Gasteiger partial charge in [-0.25, -0.2) is 9.18 Å². The first-order valence-electron chi connectivity index (χ1n) is 8.18. The van der Waals surface area contributed by atoms with E-state index in [4.69, 9.17) is 4.42 Å². The van der Waals surface area contributed by atoms with Crippen LogP contribution in [0.15, 0.2) is 41.0 Å². The van der Waals surface area contributed by atoms with Crippen LogP contribution in [0.1, 0.15) is 36.3 Å². The average molecular weight is 345 g/mol. The molecule has 1 aromatic heterocycles. The van der Waals surface area contributed by atoms with Crippen LogP contribution in [0.4, 0.5) is 9.18 Å². The first-order chi connectivity index (χ1) is 12.0. The molecule has 7 heteroatoms. The molecule has 0 unspecified atom stereocenters. The number of aryl methyl sites for hydroxylation is 1. The maximum absolute atomic E-state index is 13.2. The third-order valence-corrected chi connectivity index (χ3v) is 4.25. The van der Waals surface area contributed by atoms with E-state index in [1.165, 1.54) is 18.4 Å². The molecule has 3 N–H and O–H groups in total. The number of rotatable bonds is 5. The topological polar surface area (TPSA) is 83.4 Å². The van der Waals surface area contributed by atoms with E-state index >= 15 is 0 Å². The second kappa shape index (κ2) is 7.38. The Hall–Kier alpha value is -2.83. The van der Waals surface area contributed by atoms with Crippen LogP contribution in [0.25, 0.3) is 0 Å². The molecule has 0 saturated heterocycles. The zero-order valence-corrected chi connectivity index (χ0v) is 13.8. The molecule has 3 rings (SSSR count). The van der Waals surface area contributed by atoms with Crippen molar-refractivity contribution in [2.45, 2.75) is 38.4 Å². The van der Waals surface area contributed by atoms with Gasteiger partial charge in [-0.15, -0.1) is 0 Å². The number of carbonyl (C=O) groups is 2. The molecule has 2 atom stereocenters. The van der Waals surface area contributed by atoms with Gasteiger partial charge in [0.25, 0.3) is 0 Å². The Morgan fingerprint density at radius 3 is 2.96 bits per heavy atom. The summed E-state index contributed by atoms with van der Waals surface area (Å²) in [5.41, 5.74) is 1.83. The number of hydrogen-bond acceptors (Lipinski definition) is 3. The monoisotopic (exact) mass is 345 g/mol. The van der Waals surface area contributed by atoms with Gasteiger partial charge in [0.05, 0.1) is 18.8 Å². The summed E-state index contributed by atoms with van der Waals surface area (Å²) in [6, 6.07) is 6.79.